The van der Waals surface area contributed by atoms with Crippen molar-refractivity contribution >= 4 is 0 Å². The minimum Gasteiger partial charge on any atom is -0.389 e. The van der Waals surface area contributed by atoms with E-state index in [0.29, 0.717) is 6.79 Å². The molecule has 0 radical (unpaired) electrons. The number of ether oxygens (including phenoxy) is 2. The van der Waals surface area contributed by atoms with Crippen LogP contribution in [0.3, 0.4) is 0 Å². The summed E-state index contributed by atoms with van der Waals surface area (Å²) in [5, 5.41) is 9.97. The van der Waals surface area contributed by atoms with Gasteiger partial charge in [0.2, 0.25) is 0 Å². The molecule has 0 saturated carbocycles. The van der Waals surface area contributed by atoms with Crippen molar-refractivity contribution in [1.82, 2.24) is 4.90 Å². The molecule has 0 aliphatic carbocycles. The summed E-state index contributed by atoms with van der Waals surface area (Å²) >= 11 is 0. The molecule has 0 aromatic carbocycles. The second kappa shape index (κ2) is 4.78. The highest BCUT2D eigenvalue weighted by Gasteiger charge is 2.29. The molecular formula is C11H21NO3. The topological polar surface area (TPSA) is 41.9 Å². The van der Waals surface area contributed by atoms with Crippen LogP contribution in [0.25, 0.3) is 0 Å². The Labute approximate surface area is 91.2 Å². The van der Waals surface area contributed by atoms with Crippen LogP contribution in [0.1, 0.15) is 26.2 Å². The SMILES string of the molecule is CC1(O)CCCN(CC2CCOCO2)C1. The molecule has 1 N–H and O–H groups in total. The van der Waals surface area contributed by atoms with Crippen molar-refractivity contribution in [2.75, 3.05) is 33.0 Å². The lowest BCUT2D eigenvalue weighted by Crippen LogP contribution is -2.49. The number of rotatable bonds is 2. The predicted octanol–water partition coefficient (Wildman–Crippen LogP) is 0.596. The lowest BCUT2D eigenvalue weighted by molar-refractivity contribution is -0.149. The van der Waals surface area contributed by atoms with Gasteiger partial charge in [-0.3, -0.25) is 4.90 Å². The quantitative estimate of drug-likeness (QED) is 0.732. The molecular weight excluding hydrogens is 194 g/mol. The monoisotopic (exact) mass is 215 g/mol. The van der Waals surface area contributed by atoms with Gasteiger partial charge in [0.25, 0.3) is 0 Å². The number of hydrogen-bond donors (Lipinski definition) is 1. The summed E-state index contributed by atoms with van der Waals surface area (Å²) in [4.78, 5) is 2.31. The van der Waals surface area contributed by atoms with Crippen LogP contribution < -0.4 is 0 Å². The summed E-state index contributed by atoms with van der Waals surface area (Å²) in [5.41, 5.74) is -0.510. The average molecular weight is 215 g/mol. The fourth-order valence-electron chi connectivity index (χ4n) is 2.41. The summed E-state index contributed by atoms with van der Waals surface area (Å²) in [7, 11) is 0. The van der Waals surface area contributed by atoms with Crippen LogP contribution in [0.2, 0.25) is 0 Å². The van der Waals surface area contributed by atoms with Gasteiger partial charge < -0.3 is 14.6 Å². The Morgan fingerprint density at radius 3 is 3.07 bits per heavy atom. The minimum absolute atomic E-state index is 0.285. The van der Waals surface area contributed by atoms with E-state index < -0.39 is 5.60 Å². The maximum Gasteiger partial charge on any atom is 0.147 e. The molecule has 2 aliphatic heterocycles. The molecule has 2 heterocycles. The zero-order valence-electron chi connectivity index (χ0n) is 9.45. The molecule has 0 amide bonds. The molecule has 0 bridgehead atoms. The second-order valence-corrected chi connectivity index (χ2v) is 4.94. The van der Waals surface area contributed by atoms with E-state index in [2.05, 4.69) is 4.90 Å². The highest BCUT2D eigenvalue weighted by atomic mass is 16.7. The van der Waals surface area contributed by atoms with Gasteiger partial charge in [-0.2, -0.15) is 0 Å². The van der Waals surface area contributed by atoms with Crippen LogP contribution in [0.15, 0.2) is 0 Å². The minimum atomic E-state index is -0.510. The normalized spacial score (nSPS) is 39.2. The molecule has 0 aromatic heterocycles. The van der Waals surface area contributed by atoms with E-state index in [1.165, 1.54) is 0 Å². The Hall–Kier alpha value is -0.160. The highest BCUT2D eigenvalue weighted by molar-refractivity contribution is 4.84. The molecule has 88 valence electrons. The number of β-amino-alcohol motifs (C(OH)–C–C–N with tert-alkyl or cyclic N) is 1. The molecule has 4 heteroatoms. The summed E-state index contributed by atoms with van der Waals surface area (Å²) in [6.45, 7) is 5.93. The van der Waals surface area contributed by atoms with Crippen LogP contribution in [-0.4, -0.2) is 54.7 Å². The molecule has 0 aromatic rings. The molecule has 2 atom stereocenters. The molecule has 2 unspecified atom stereocenters. The van der Waals surface area contributed by atoms with E-state index in [1.54, 1.807) is 0 Å². The van der Waals surface area contributed by atoms with Crippen LogP contribution in [0.5, 0.6) is 0 Å². The maximum absolute atomic E-state index is 9.97. The van der Waals surface area contributed by atoms with E-state index in [9.17, 15) is 5.11 Å². The zero-order valence-corrected chi connectivity index (χ0v) is 9.45. The van der Waals surface area contributed by atoms with Gasteiger partial charge in [0, 0.05) is 13.1 Å². The van der Waals surface area contributed by atoms with Crippen LogP contribution >= 0.6 is 0 Å². The Morgan fingerprint density at radius 1 is 1.53 bits per heavy atom. The van der Waals surface area contributed by atoms with Gasteiger partial charge in [0.15, 0.2) is 0 Å². The molecule has 2 fully saturated rings. The smallest absolute Gasteiger partial charge is 0.147 e. The van der Waals surface area contributed by atoms with Crippen molar-refractivity contribution in [3.8, 4) is 0 Å². The van der Waals surface area contributed by atoms with Crippen LogP contribution in [-0.2, 0) is 9.47 Å². The van der Waals surface area contributed by atoms with E-state index in [0.717, 1.165) is 45.5 Å². The largest absolute Gasteiger partial charge is 0.389 e. The molecule has 2 rings (SSSR count). The first kappa shape index (κ1) is 11.3. The van der Waals surface area contributed by atoms with Crippen molar-refractivity contribution < 1.29 is 14.6 Å². The maximum atomic E-state index is 9.97. The van der Waals surface area contributed by atoms with Crippen LogP contribution in [0.4, 0.5) is 0 Å². The third kappa shape index (κ3) is 3.41. The fraction of sp³-hybridized carbons (Fsp3) is 1.00. The van der Waals surface area contributed by atoms with Gasteiger partial charge in [-0.25, -0.2) is 0 Å². The van der Waals surface area contributed by atoms with E-state index in [1.807, 2.05) is 6.92 Å². The lowest BCUT2D eigenvalue weighted by Gasteiger charge is -2.38. The van der Waals surface area contributed by atoms with E-state index in [4.69, 9.17) is 9.47 Å². The van der Waals surface area contributed by atoms with Gasteiger partial charge in [0.1, 0.15) is 6.79 Å². The summed E-state index contributed by atoms with van der Waals surface area (Å²) < 4.78 is 10.6. The highest BCUT2D eigenvalue weighted by Crippen LogP contribution is 2.21. The first-order chi connectivity index (χ1) is 7.16. The second-order valence-electron chi connectivity index (χ2n) is 4.94. The van der Waals surface area contributed by atoms with E-state index in [-0.39, 0.29) is 6.10 Å². The van der Waals surface area contributed by atoms with Crippen molar-refractivity contribution in [3.63, 3.8) is 0 Å². The van der Waals surface area contributed by atoms with E-state index >= 15 is 0 Å². The molecule has 15 heavy (non-hydrogen) atoms. The van der Waals surface area contributed by atoms with Crippen molar-refractivity contribution in [1.29, 1.82) is 0 Å². The number of aliphatic hydroxyl groups is 1. The number of piperidine rings is 1. The van der Waals surface area contributed by atoms with Crippen molar-refractivity contribution in [3.05, 3.63) is 0 Å². The number of hydrogen-bond acceptors (Lipinski definition) is 4. The Kier molecular flexibility index (Phi) is 3.61. The van der Waals surface area contributed by atoms with Crippen molar-refractivity contribution in [2.45, 2.75) is 37.9 Å². The lowest BCUT2D eigenvalue weighted by atomic mass is 9.95. The third-order valence-electron chi connectivity index (χ3n) is 3.19. The van der Waals surface area contributed by atoms with Gasteiger partial charge in [-0.05, 0) is 32.7 Å². The first-order valence-corrected chi connectivity index (χ1v) is 5.80. The van der Waals surface area contributed by atoms with Gasteiger partial charge in [-0.1, -0.05) is 0 Å². The summed E-state index contributed by atoms with van der Waals surface area (Å²) in [6, 6.07) is 0. The Bertz CT molecular complexity index is 202. The predicted molar refractivity (Wildman–Crippen MR) is 56.6 cm³/mol. The number of nitrogens with zero attached hydrogens (tertiary/aromatic N) is 1. The summed E-state index contributed by atoms with van der Waals surface area (Å²) in [5.74, 6) is 0. The standard InChI is InChI=1S/C11H21NO3/c1-11(13)4-2-5-12(8-11)7-10-3-6-14-9-15-10/h10,13H,2-9H2,1H3. The Morgan fingerprint density at radius 2 is 2.40 bits per heavy atom. The zero-order chi connectivity index (χ0) is 10.7. The molecule has 4 nitrogen and oxygen atoms in total. The van der Waals surface area contributed by atoms with Crippen molar-refractivity contribution in [2.24, 2.45) is 0 Å². The summed E-state index contributed by atoms with van der Waals surface area (Å²) in [6.07, 6.45) is 3.25. The average Bonchev–Trinajstić information content (AvgIpc) is 2.17. The fourth-order valence-corrected chi connectivity index (χ4v) is 2.41. The van der Waals surface area contributed by atoms with Gasteiger partial charge in [-0.15, -0.1) is 0 Å². The van der Waals surface area contributed by atoms with Crippen LogP contribution in [0, 0.1) is 0 Å². The molecule has 2 aliphatic rings. The Balaban J connectivity index is 1.78. The molecule has 0 spiro atoms. The van der Waals surface area contributed by atoms with Gasteiger partial charge in [0.05, 0.1) is 18.3 Å². The number of likely N-dealkylation sites (tertiary alicyclic amines) is 1. The van der Waals surface area contributed by atoms with Gasteiger partial charge >= 0.3 is 0 Å². The first-order valence-electron chi connectivity index (χ1n) is 5.80. The third-order valence-corrected chi connectivity index (χ3v) is 3.19. The molecule has 2 saturated heterocycles.